The molecule has 2 heterocycles. The van der Waals surface area contributed by atoms with Gasteiger partial charge >= 0.3 is 5.97 Å². The molecule has 18 heavy (non-hydrogen) atoms. The Bertz CT molecular complexity index is 511. The smallest absolute Gasteiger partial charge is 0.376 e. The largest absolute Gasteiger partial charge is 0.467 e. The van der Waals surface area contributed by atoms with Gasteiger partial charge in [0.05, 0.1) is 19.4 Å². The van der Waals surface area contributed by atoms with Gasteiger partial charge in [0.15, 0.2) is 0 Å². The molecular formula is C12H13N3O3. The number of hydrogen-bond donors (Lipinski definition) is 1. The lowest BCUT2D eigenvalue weighted by molar-refractivity contribution is 0.0512. The highest BCUT2D eigenvalue weighted by molar-refractivity contribution is 5.85. The van der Waals surface area contributed by atoms with Crippen molar-refractivity contribution in [2.75, 3.05) is 11.9 Å². The average Bonchev–Trinajstić information content (AvgIpc) is 2.90. The third-order valence-corrected chi connectivity index (χ3v) is 2.14. The molecule has 0 saturated carbocycles. The first-order valence-electron chi connectivity index (χ1n) is 5.56. The van der Waals surface area contributed by atoms with Crippen LogP contribution in [0.1, 0.15) is 23.3 Å². The molecule has 0 atom stereocenters. The number of carbonyl (C=O) groups is 1. The Kier molecular flexibility index (Phi) is 3.90. The summed E-state index contributed by atoms with van der Waals surface area (Å²) in [5, 5.41) is 3.03. The maximum absolute atomic E-state index is 11.4. The van der Waals surface area contributed by atoms with Gasteiger partial charge in [-0.25, -0.2) is 14.8 Å². The average molecular weight is 247 g/mol. The molecule has 0 spiro atoms. The monoisotopic (exact) mass is 247 g/mol. The fourth-order valence-electron chi connectivity index (χ4n) is 1.34. The minimum Gasteiger partial charge on any atom is -0.467 e. The second-order valence-electron chi connectivity index (χ2n) is 3.42. The van der Waals surface area contributed by atoms with Crippen molar-refractivity contribution in [1.82, 2.24) is 9.97 Å². The summed E-state index contributed by atoms with van der Waals surface area (Å²) >= 11 is 0. The highest BCUT2D eigenvalue weighted by atomic mass is 16.5. The van der Waals surface area contributed by atoms with Crippen molar-refractivity contribution >= 4 is 11.8 Å². The number of furan rings is 1. The molecule has 0 amide bonds. The minimum absolute atomic E-state index is 0.0429. The quantitative estimate of drug-likeness (QED) is 0.812. The first-order valence-corrected chi connectivity index (χ1v) is 5.56. The van der Waals surface area contributed by atoms with E-state index in [9.17, 15) is 4.79 Å². The molecule has 0 aliphatic heterocycles. The molecule has 0 aromatic carbocycles. The van der Waals surface area contributed by atoms with Gasteiger partial charge in [-0.05, 0) is 25.1 Å². The lowest BCUT2D eigenvalue weighted by Crippen LogP contribution is -2.11. The molecule has 2 aromatic heterocycles. The molecule has 94 valence electrons. The van der Waals surface area contributed by atoms with E-state index in [0.29, 0.717) is 19.0 Å². The Morgan fingerprint density at radius 1 is 1.50 bits per heavy atom. The number of hydrogen-bond acceptors (Lipinski definition) is 6. The second-order valence-corrected chi connectivity index (χ2v) is 3.42. The van der Waals surface area contributed by atoms with Crippen molar-refractivity contribution < 1.29 is 13.9 Å². The molecule has 0 fully saturated rings. The van der Waals surface area contributed by atoms with Crippen LogP contribution in [0.4, 0.5) is 5.82 Å². The van der Waals surface area contributed by atoms with E-state index in [1.807, 2.05) is 6.07 Å². The zero-order valence-electron chi connectivity index (χ0n) is 9.92. The van der Waals surface area contributed by atoms with Crippen molar-refractivity contribution in [3.05, 3.63) is 42.2 Å². The SMILES string of the molecule is CCOC(=O)c1nccc(NCc2ccco2)n1. The lowest BCUT2D eigenvalue weighted by atomic mass is 10.4. The molecule has 2 rings (SSSR count). The van der Waals surface area contributed by atoms with E-state index in [1.54, 1.807) is 25.3 Å². The van der Waals surface area contributed by atoms with E-state index >= 15 is 0 Å². The van der Waals surface area contributed by atoms with E-state index in [0.717, 1.165) is 5.76 Å². The summed E-state index contributed by atoms with van der Waals surface area (Å²) in [7, 11) is 0. The zero-order valence-corrected chi connectivity index (χ0v) is 9.92. The maximum Gasteiger partial charge on any atom is 0.376 e. The Balaban J connectivity index is 2.01. The highest BCUT2D eigenvalue weighted by Crippen LogP contribution is 2.07. The zero-order chi connectivity index (χ0) is 12.8. The lowest BCUT2D eigenvalue weighted by Gasteiger charge is -2.05. The van der Waals surface area contributed by atoms with E-state index < -0.39 is 5.97 Å². The van der Waals surface area contributed by atoms with E-state index in [1.165, 1.54) is 6.20 Å². The van der Waals surface area contributed by atoms with E-state index in [2.05, 4.69) is 15.3 Å². The van der Waals surface area contributed by atoms with Crippen LogP contribution in [0.15, 0.2) is 35.1 Å². The van der Waals surface area contributed by atoms with E-state index in [4.69, 9.17) is 9.15 Å². The van der Waals surface area contributed by atoms with Gasteiger partial charge in [-0.2, -0.15) is 0 Å². The maximum atomic E-state index is 11.4. The van der Waals surface area contributed by atoms with Crippen LogP contribution < -0.4 is 5.32 Å². The van der Waals surface area contributed by atoms with Crippen molar-refractivity contribution in [3.8, 4) is 0 Å². The fraction of sp³-hybridized carbons (Fsp3) is 0.250. The summed E-state index contributed by atoms with van der Waals surface area (Å²) in [6.07, 6.45) is 3.10. The Morgan fingerprint density at radius 2 is 2.39 bits per heavy atom. The molecule has 0 saturated heterocycles. The number of carbonyl (C=O) groups excluding carboxylic acids is 1. The molecule has 0 aliphatic carbocycles. The normalized spacial score (nSPS) is 10.1. The first-order chi connectivity index (χ1) is 8.79. The number of ether oxygens (including phenoxy) is 1. The van der Waals surface area contributed by atoms with Gasteiger partial charge in [-0.15, -0.1) is 0 Å². The summed E-state index contributed by atoms with van der Waals surface area (Å²) in [6.45, 7) is 2.52. The van der Waals surface area contributed by atoms with Gasteiger partial charge in [0.25, 0.3) is 0 Å². The molecule has 0 bridgehead atoms. The molecule has 6 heteroatoms. The predicted octanol–water partition coefficient (Wildman–Crippen LogP) is 1.86. The van der Waals surface area contributed by atoms with Crippen LogP contribution in [0.3, 0.4) is 0 Å². The second kappa shape index (κ2) is 5.81. The molecule has 0 radical (unpaired) electrons. The van der Waals surface area contributed by atoms with Crippen LogP contribution in [0.25, 0.3) is 0 Å². The summed E-state index contributed by atoms with van der Waals surface area (Å²) in [5.74, 6) is 0.844. The van der Waals surface area contributed by atoms with Gasteiger partial charge < -0.3 is 14.5 Å². The molecule has 1 N–H and O–H groups in total. The van der Waals surface area contributed by atoms with Crippen molar-refractivity contribution in [2.24, 2.45) is 0 Å². The molecule has 0 aliphatic rings. The molecule has 2 aromatic rings. The topological polar surface area (TPSA) is 77.2 Å². The van der Waals surface area contributed by atoms with Crippen molar-refractivity contribution in [2.45, 2.75) is 13.5 Å². The summed E-state index contributed by atoms with van der Waals surface area (Å²) in [4.78, 5) is 19.3. The van der Waals surface area contributed by atoms with Crippen LogP contribution in [0.5, 0.6) is 0 Å². The highest BCUT2D eigenvalue weighted by Gasteiger charge is 2.10. The van der Waals surface area contributed by atoms with Gasteiger partial charge in [-0.1, -0.05) is 0 Å². The number of nitrogens with one attached hydrogen (secondary N) is 1. The van der Waals surface area contributed by atoms with Gasteiger partial charge in [0.1, 0.15) is 11.6 Å². The van der Waals surface area contributed by atoms with Crippen LogP contribution in [0, 0.1) is 0 Å². The van der Waals surface area contributed by atoms with E-state index in [-0.39, 0.29) is 5.82 Å². The van der Waals surface area contributed by atoms with Crippen LogP contribution >= 0.6 is 0 Å². The number of esters is 1. The Labute approximate surface area is 104 Å². The van der Waals surface area contributed by atoms with Gasteiger partial charge in [0, 0.05) is 6.20 Å². The minimum atomic E-state index is -0.529. The van der Waals surface area contributed by atoms with Crippen LogP contribution in [0.2, 0.25) is 0 Å². The first kappa shape index (κ1) is 12.1. The number of aromatic nitrogens is 2. The number of nitrogens with zero attached hydrogens (tertiary/aromatic N) is 2. The summed E-state index contributed by atoms with van der Waals surface area (Å²) < 4.78 is 10.00. The summed E-state index contributed by atoms with van der Waals surface area (Å²) in [5.41, 5.74) is 0. The summed E-state index contributed by atoms with van der Waals surface area (Å²) in [6, 6.07) is 5.33. The molecule has 6 nitrogen and oxygen atoms in total. The third-order valence-electron chi connectivity index (χ3n) is 2.14. The van der Waals surface area contributed by atoms with Crippen molar-refractivity contribution in [1.29, 1.82) is 0 Å². The predicted molar refractivity (Wildman–Crippen MR) is 64.0 cm³/mol. The van der Waals surface area contributed by atoms with Gasteiger partial charge in [0.2, 0.25) is 5.82 Å². The van der Waals surface area contributed by atoms with Crippen LogP contribution in [-0.4, -0.2) is 22.5 Å². The number of anilines is 1. The Hall–Kier alpha value is -2.37. The fourth-order valence-corrected chi connectivity index (χ4v) is 1.34. The van der Waals surface area contributed by atoms with Crippen molar-refractivity contribution in [3.63, 3.8) is 0 Å². The van der Waals surface area contributed by atoms with Gasteiger partial charge in [-0.3, -0.25) is 0 Å². The number of rotatable bonds is 5. The standard InChI is InChI=1S/C12H13N3O3/c1-2-17-12(16)11-13-6-5-10(15-11)14-8-9-4-3-7-18-9/h3-7H,2,8H2,1H3,(H,13,14,15). The Morgan fingerprint density at radius 3 is 3.11 bits per heavy atom. The third kappa shape index (κ3) is 3.07. The van der Waals surface area contributed by atoms with Crippen LogP contribution in [-0.2, 0) is 11.3 Å². The molecular weight excluding hydrogens is 234 g/mol. The molecule has 0 unspecified atom stereocenters.